The second-order valence-electron chi connectivity index (χ2n) is 8.17. The molecule has 2 aromatic rings. The van der Waals surface area contributed by atoms with Gasteiger partial charge in [0.25, 0.3) is 0 Å². The summed E-state index contributed by atoms with van der Waals surface area (Å²) >= 11 is 0. The Morgan fingerprint density at radius 1 is 1.09 bits per heavy atom. The third kappa shape index (κ3) is 5.92. The maximum absolute atomic E-state index is 13.1. The second-order valence-corrected chi connectivity index (χ2v) is 8.17. The Balaban J connectivity index is 1.89. The number of nitrogens with zero attached hydrogens (tertiary/aromatic N) is 2. The molecule has 1 heterocycles. The molecule has 0 fully saturated rings. The summed E-state index contributed by atoms with van der Waals surface area (Å²) in [6.45, 7) is 4.82. The van der Waals surface area contributed by atoms with Crippen LogP contribution in [0.1, 0.15) is 44.2 Å². The Labute approximate surface area is 189 Å². The molecule has 168 valence electrons. The van der Waals surface area contributed by atoms with E-state index in [0.717, 1.165) is 34.4 Å². The lowest BCUT2D eigenvalue weighted by Gasteiger charge is -2.23. The Kier molecular flexibility index (Phi) is 7.95. The second kappa shape index (κ2) is 10.9. The van der Waals surface area contributed by atoms with Crippen LogP contribution in [0.15, 0.2) is 53.0 Å². The van der Waals surface area contributed by atoms with Crippen molar-refractivity contribution in [2.45, 2.75) is 39.5 Å². The van der Waals surface area contributed by atoms with Crippen LogP contribution in [0.4, 0.5) is 5.69 Å². The first-order valence-electron chi connectivity index (χ1n) is 11.1. The van der Waals surface area contributed by atoms with E-state index in [-0.39, 0.29) is 18.3 Å². The number of Topliss-reactive ketones (excluding diaryl/α,β-unsaturated/α-hetero) is 1. The van der Waals surface area contributed by atoms with Crippen molar-refractivity contribution in [2.24, 2.45) is 10.7 Å². The molecule has 3 N–H and O–H groups in total. The number of rotatable bonds is 9. The van der Waals surface area contributed by atoms with Crippen LogP contribution >= 0.6 is 0 Å². The predicted molar refractivity (Wildman–Crippen MR) is 129 cm³/mol. The van der Waals surface area contributed by atoms with E-state index < -0.39 is 0 Å². The van der Waals surface area contributed by atoms with E-state index in [1.54, 1.807) is 11.8 Å². The fourth-order valence-corrected chi connectivity index (χ4v) is 3.86. The van der Waals surface area contributed by atoms with Gasteiger partial charge in [-0.3, -0.25) is 9.59 Å². The number of hydrogen-bond acceptors (Lipinski definition) is 5. The van der Waals surface area contributed by atoms with Crippen molar-refractivity contribution >= 4 is 29.3 Å². The summed E-state index contributed by atoms with van der Waals surface area (Å²) < 4.78 is 0. The molecule has 0 saturated heterocycles. The highest BCUT2D eigenvalue weighted by Crippen LogP contribution is 2.32. The molecule has 32 heavy (non-hydrogen) atoms. The van der Waals surface area contributed by atoms with Crippen molar-refractivity contribution < 1.29 is 14.7 Å². The normalized spacial score (nSPS) is 13.0. The number of amides is 1. The molecule has 0 bridgehead atoms. The Morgan fingerprint density at radius 3 is 2.47 bits per heavy atom. The summed E-state index contributed by atoms with van der Waals surface area (Å²) in [5.41, 5.74) is 11.4. The average molecular weight is 434 g/mol. The molecule has 1 amide bonds. The van der Waals surface area contributed by atoms with E-state index in [2.05, 4.69) is 4.99 Å². The molecule has 0 radical (unpaired) electrons. The molecule has 6 heteroatoms. The first-order chi connectivity index (χ1) is 15.4. The lowest BCUT2D eigenvalue weighted by molar-refractivity contribution is -0.127. The predicted octanol–water partition coefficient (Wildman–Crippen LogP) is 3.88. The number of ketones is 1. The topological polar surface area (TPSA) is 96.0 Å². The van der Waals surface area contributed by atoms with Crippen molar-refractivity contribution in [3.63, 3.8) is 0 Å². The number of aliphatic imine (C=N–C) groups is 1. The van der Waals surface area contributed by atoms with Crippen molar-refractivity contribution in [2.75, 3.05) is 19.7 Å². The van der Waals surface area contributed by atoms with E-state index in [1.165, 1.54) is 0 Å². The highest BCUT2D eigenvalue weighted by atomic mass is 16.3. The van der Waals surface area contributed by atoms with E-state index in [1.807, 2.05) is 55.5 Å². The number of nitrogens with two attached hydrogens (primary N) is 1. The number of carbonyl (C=O) groups is 2. The third-order valence-electron chi connectivity index (χ3n) is 5.38. The zero-order valence-electron chi connectivity index (χ0n) is 18.8. The van der Waals surface area contributed by atoms with Crippen molar-refractivity contribution in [3.05, 3.63) is 59.2 Å². The molecule has 1 aliphatic heterocycles. The summed E-state index contributed by atoms with van der Waals surface area (Å²) in [6, 6.07) is 13.9. The molecular weight excluding hydrogens is 402 g/mol. The van der Waals surface area contributed by atoms with Crippen LogP contribution in [0.25, 0.3) is 17.2 Å². The maximum Gasteiger partial charge on any atom is 0.250 e. The minimum absolute atomic E-state index is 0.0531. The molecule has 2 aromatic carbocycles. The van der Waals surface area contributed by atoms with Crippen molar-refractivity contribution in [1.82, 2.24) is 4.90 Å². The molecular formula is C26H31N3O3. The van der Waals surface area contributed by atoms with Crippen molar-refractivity contribution in [3.8, 4) is 11.1 Å². The minimum atomic E-state index is -0.0589. The van der Waals surface area contributed by atoms with Gasteiger partial charge in [0, 0.05) is 43.7 Å². The molecule has 0 atom stereocenters. The number of hydrogen-bond donors (Lipinski definition) is 2. The fourth-order valence-electron chi connectivity index (χ4n) is 3.86. The molecule has 0 unspecified atom stereocenters. The number of amidine groups is 1. The first kappa shape index (κ1) is 23.4. The van der Waals surface area contributed by atoms with E-state index in [9.17, 15) is 9.59 Å². The lowest BCUT2D eigenvalue weighted by atomic mass is 9.99. The highest BCUT2D eigenvalue weighted by molar-refractivity contribution is 6.05. The van der Waals surface area contributed by atoms with Crippen LogP contribution in [-0.2, 0) is 16.0 Å². The van der Waals surface area contributed by atoms with Gasteiger partial charge >= 0.3 is 0 Å². The summed E-state index contributed by atoms with van der Waals surface area (Å²) in [5, 5.41) is 9.16. The molecule has 0 aromatic heterocycles. The van der Waals surface area contributed by atoms with E-state index in [0.29, 0.717) is 43.8 Å². The maximum atomic E-state index is 13.1. The largest absolute Gasteiger partial charge is 0.396 e. The monoisotopic (exact) mass is 433 g/mol. The quantitative estimate of drug-likeness (QED) is 0.627. The van der Waals surface area contributed by atoms with Gasteiger partial charge < -0.3 is 15.7 Å². The standard InChI is InChI=1S/C26H31N3O3/c1-3-11-29(12-4-13-30)26(32)23-15-22-10-9-21(16-24(22)28-25(27)17-23)20-7-5-19(6-8-20)14-18(2)31/h5-10,15-16,30H,3-4,11-14,17H2,1-2H3,(H2,27,28). The summed E-state index contributed by atoms with van der Waals surface area (Å²) in [4.78, 5) is 30.8. The van der Waals surface area contributed by atoms with Gasteiger partial charge in [-0.1, -0.05) is 43.3 Å². The summed E-state index contributed by atoms with van der Waals surface area (Å²) in [7, 11) is 0. The van der Waals surface area contributed by atoms with Gasteiger partial charge in [-0.25, -0.2) is 4.99 Å². The zero-order chi connectivity index (χ0) is 23.1. The molecule has 0 spiro atoms. The average Bonchev–Trinajstić information content (AvgIpc) is 2.93. The molecule has 0 aliphatic carbocycles. The van der Waals surface area contributed by atoms with E-state index in [4.69, 9.17) is 10.8 Å². The number of carbonyl (C=O) groups excluding carboxylic acids is 2. The van der Waals surface area contributed by atoms with Gasteiger partial charge in [-0.05, 0) is 48.6 Å². The minimum Gasteiger partial charge on any atom is -0.396 e. The van der Waals surface area contributed by atoms with Gasteiger partial charge in [0.05, 0.1) is 5.69 Å². The molecule has 3 rings (SSSR count). The van der Waals surface area contributed by atoms with E-state index >= 15 is 0 Å². The number of benzene rings is 2. The number of fused-ring (bicyclic) bond motifs is 1. The number of aliphatic hydroxyl groups is 1. The lowest BCUT2D eigenvalue weighted by Crippen LogP contribution is -2.35. The molecule has 1 aliphatic rings. The van der Waals surface area contributed by atoms with Crippen LogP contribution in [-0.4, -0.2) is 47.2 Å². The third-order valence-corrected chi connectivity index (χ3v) is 5.38. The fraction of sp³-hybridized carbons (Fsp3) is 0.346. The Morgan fingerprint density at radius 2 is 1.81 bits per heavy atom. The molecule has 6 nitrogen and oxygen atoms in total. The van der Waals surface area contributed by atoms with Crippen LogP contribution < -0.4 is 5.73 Å². The zero-order valence-corrected chi connectivity index (χ0v) is 18.8. The van der Waals surface area contributed by atoms with Gasteiger partial charge in [0.1, 0.15) is 11.6 Å². The Hall–Kier alpha value is -3.25. The van der Waals surface area contributed by atoms with Crippen LogP contribution in [0.5, 0.6) is 0 Å². The SMILES string of the molecule is CCCN(CCCO)C(=O)C1=Cc2ccc(-c3ccc(CC(C)=O)cc3)cc2N=C(N)C1. The first-order valence-corrected chi connectivity index (χ1v) is 11.1. The Bertz CT molecular complexity index is 1040. The van der Waals surface area contributed by atoms with Gasteiger partial charge in [-0.15, -0.1) is 0 Å². The smallest absolute Gasteiger partial charge is 0.250 e. The van der Waals surface area contributed by atoms with Gasteiger partial charge in [0.15, 0.2) is 0 Å². The van der Waals surface area contributed by atoms with Crippen LogP contribution in [0, 0.1) is 0 Å². The van der Waals surface area contributed by atoms with Gasteiger partial charge in [0.2, 0.25) is 5.91 Å². The molecule has 0 saturated carbocycles. The summed E-state index contributed by atoms with van der Waals surface area (Å²) in [5.74, 6) is 0.478. The number of aliphatic hydroxyl groups excluding tert-OH is 1. The van der Waals surface area contributed by atoms with Crippen LogP contribution in [0.3, 0.4) is 0 Å². The van der Waals surface area contributed by atoms with Crippen molar-refractivity contribution in [1.29, 1.82) is 0 Å². The highest BCUT2D eigenvalue weighted by Gasteiger charge is 2.21. The van der Waals surface area contributed by atoms with Crippen LogP contribution in [0.2, 0.25) is 0 Å². The summed E-state index contributed by atoms with van der Waals surface area (Å²) in [6.07, 6.45) is 4.00. The van der Waals surface area contributed by atoms with Gasteiger partial charge in [-0.2, -0.15) is 0 Å².